The van der Waals surface area contributed by atoms with E-state index >= 15 is 0 Å². The molecule has 0 bridgehead atoms. The summed E-state index contributed by atoms with van der Waals surface area (Å²) >= 11 is 0. The Bertz CT molecular complexity index is 1570. The first-order chi connectivity index (χ1) is 38.5. The average Bonchev–Trinajstić information content (AvgIpc) is 3.44. The van der Waals surface area contributed by atoms with Gasteiger partial charge in [-0.2, -0.15) is 0 Å². The van der Waals surface area contributed by atoms with Crippen molar-refractivity contribution in [3.8, 4) is 0 Å². The highest BCUT2D eigenvalue weighted by Gasteiger charge is 2.19. The van der Waals surface area contributed by atoms with Crippen molar-refractivity contribution in [2.45, 2.75) is 316 Å². The second-order valence-electron chi connectivity index (χ2n) is 21.6. The van der Waals surface area contributed by atoms with Crippen LogP contribution in [0.15, 0.2) is 109 Å². The van der Waals surface area contributed by atoms with Gasteiger partial charge < -0.3 is 14.2 Å². The zero-order valence-corrected chi connectivity index (χ0v) is 51.2. The minimum absolute atomic E-state index is 0.100. The van der Waals surface area contributed by atoms with E-state index in [-0.39, 0.29) is 37.5 Å². The van der Waals surface area contributed by atoms with Crippen LogP contribution < -0.4 is 0 Å². The van der Waals surface area contributed by atoms with E-state index in [0.29, 0.717) is 19.3 Å². The second kappa shape index (κ2) is 65.6. The lowest BCUT2D eigenvalue weighted by Gasteiger charge is -2.18. The van der Waals surface area contributed by atoms with Gasteiger partial charge in [0.25, 0.3) is 0 Å². The third-order valence-electron chi connectivity index (χ3n) is 14.0. The van der Waals surface area contributed by atoms with Gasteiger partial charge in [-0.15, -0.1) is 0 Å². The fraction of sp³-hybridized carbons (Fsp3) is 0.708. The van der Waals surface area contributed by atoms with Crippen LogP contribution in [-0.4, -0.2) is 37.2 Å². The molecule has 0 amide bonds. The molecule has 0 fully saturated rings. The Morgan fingerprint density at radius 1 is 0.269 bits per heavy atom. The number of ether oxygens (including phenoxy) is 3. The van der Waals surface area contributed by atoms with Crippen molar-refractivity contribution in [2.75, 3.05) is 13.2 Å². The summed E-state index contributed by atoms with van der Waals surface area (Å²) in [6, 6.07) is 0. The summed E-state index contributed by atoms with van der Waals surface area (Å²) in [7, 11) is 0. The van der Waals surface area contributed by atoms with Crippen molar-refractivity contribution in [3.63, 3.8) is 0 Å². The molecular weight excluding hydrogens is 961 g/mol. The van der Waals surface area contributed by atoms with Gasteiger partial charge in [-0.05, 0) is 109 Å². The normalized spacial score (nSPS) is 12.8. The van der Waals surface area contributed by atoms with Gasteiger partial charge in [0.05, 0.1) is 0 Å². The molecular formula is C72H122O6. The Kier molecular flexibility index (Phi) is 62.3. The highest BCUT2D eigenvalue weighted by atomic mass is 16.6. The molecule has 1 unspecified atom stereocenters. The number of esters is 3. The molecule has 0 rings (SSSR count). The average molecular weight is 1080 g/mol. The first-order valence-corrected chi connectivity index (χ1v) is 32.9. The summed E-state index contributed by atoms with van der Waals surface area (Å²) in [5.74, 6) is -0.981. The zero-order chi connectivity index (χ0) is 56.4. The van der Waals surface area contributed by atoms with Crippen LogP contribution in [0.2, 0.25) is 0 Å². The predicted octanol–water partition coefficient (Wildman–Crippen LogP) is 22.6. The molecule has 0 N–H and O–H groups in total. The third kappa shape index (κ3) is 62.9. The maximum atomic E-state index is 12.9. The van der Waals surface area contributed by atoms with Crippen molar-refractivity contribution < 1.29 is 28.6 Å². The molecule has 0 aliphatic heterocycles. The molecule has 0 heterocycles. The lowest BCUT2D eigenvalue weighted by molar-refractivity contribution is -0.166. The van der Waals surface area contributed by atoms with E-state index in [9.17, 15) is 14.4 Å². The van der Waals surface area contributed by atoms with Gasteiger partial charge in [-0.1, -0.05) is 291 Å². The zero-order valence-electron chi connectivity index (χ0n) is 51.2. The minimum atomic E-state index is -0.810. The van der Waals surface area contributed by atoms with Crippen LogP contribution in [-0.2, 0) is 28.6 Å². The van der Waals surface area contributed by atoms with Crippen molar-refractivity contribution >= 4 is 17.9 Å². The molecule has 0 spiro atoms. The largest absolute Gasteiger partial charge is 0.462 e. The van der Waals surface area contributed by atoms with Crippen molar-refractivity contribution in [1.82, 2.24) is 0 Å². The van der Waals surface area contributed by atoms with E-state index in [2.05, 4.69) is 124 Å². The second-order valence-corrected chi connectivity index (χ2v) is 21.6. The number of hydrogen-bond donors (Lipinski definition) is 0. The summed E-state index contributed by atoms with van der Waals surface area (Å²) in [5.41, 5.74) is 0. The molecule has 0 radical (unpaired) electrons. The maximum Gasteiger partial charge on any atom is 0.306 e. The quantitative estimate of drug-likeness (QED) is 0.0261. The molecule has 0 aromatic rings. The Labute approximate surface area is 482 Å². The monoisotopic (exact) mass is 1080 g/mol. The molecule has 78 heavy (non-hydrogen) atoms. The molecule has 6 heteroatoms. The molecule has 446 valence electrons. The predicted molar refractivity (Wildman–Crippen MR) is 339 cm³/mol. The Hall–Kier alpha value is -3.93. The molecule has 6 nitrogen and oxygen atoms in total. The van der Waals surface area contributed by atoms with Crippen molar-refractivity contribution in [2.24, 2.45) is 0 Å². The number of carbonyl (C=O) groups excluding carboxylic acids is 3. The minimum Gasteiger partial charge on any atom is -0.462 e. The number of carbonyl (C=O) groups is 3. The van der Waals surface area contributed by atoms with Gasteiger partial charge in [-0.25, -0.2) is 0 Å². The first-order valence-electron chi connectivity index (χ1n) is 32.9. The smallest absolute Gasteiger partial charge is 0.306 e. The van der Waals surface area contributed by atoms with Gasteiger partial charge in [0.15, 0.2) is 6.10 Å². The molecule has 0 aromatic carbocycles. The highest BCUT2D eigenvalue weighted by molar-refractivity contribution is 5.71. The van der Waals surface area contributed by atoms with Crippen molar-refractivity contribution in [1.29, 1.82) is 0 Å². The lowest BCUT2D eigenvalue weighted by atomic mass is 10.0. The summed E-state index contributed by atoms with van der Waals surface area (Å²) in [6.07, 6.45) is 89.8. The standard InChI is InChI=1S/C72H122O6/c1-4-7-10-13-16-19-22-25-27-29-31-32-33-34-35-36-37-38-39-40-41-43-44-47-50-53-56-59-62-65-71(74)77-68-69(67-76-70(73)64-61-58-55-52-49-46-24-21-18-15-12-9-6-3)78-72(75)66-63-60-57-54-51-48-45-42-30-28-26-23-20-17-14-11-8-5-2/h7,9-10,12,16,18-19,21,25,27-28,30-32,46,49,55,58,69H,4-6,8,11,13-15,17,20,22-24,26,29,33-45,47-48,50-54,56-57,59-68H2,1-3H3/b10-7-,12-9-,19-16-,21-18-,27-25-,30-28-,32-31-,49-46-,58-55-. The Morgan fingerprint density at radius 2 is 0.526 bits per heavy atom. The molecule has 0 aliphatic rings. The topological polar surface area (TPSA) is 78.9 Å². The summed E-state index contributed by atoms with van der Waals surface area (Å²) in [6.45, 7) is 6.37. The van der Waals surface area contributed by atoms with E-state index in [1.54, 1.807) is 0 Å². The van der Waals surface area contributed by atoms with Gasteiger partial charge in [0, 0.05) is 19.3 Å². The van der Waals surface area contributed by atoms with Crippen LogP contribution in [0.5, 0.6) is 0 Å². The van der Waals surface area contributed by atoms with Crippen LogP contribution in [0.1, 0.15) is 310 Å². The number of hydrogen-bond acceptors (Lipinski definition) is 6. The fourth-order valence-corrected chi connectivity index (χ4v) is 9.15. The third-order valence-corrected chi connectivity index (χ3v) is 14.0. The number of allylic oxidation sites excluding steroid dienone is 18. The molecule has 0 aliphatic carbocycles. The molecule has 0 aromatic heterocycles. The van der Waals surface area contributed by atoms with Crippen LogP contribution in [0, 0.1) is 0 Å². The molecule has 1 atom stereocenters. The summed E-state index contributed by atoms with van der Waals surface area (Å²) < 4.78 is 16.9. The van der Waals surface area contributed by atoms with Crippen LogP contribution >= 0.6 is 0 Å². The van der Waals surface area contributed by atoms with E-state index in [0.717, 1.165) is 89.9 Å². The summed E-state index contributed by atoms with van der Waals surface area (Å²) in [4.78, 5) is 38.3. The lowest BCUT2D eigenvalue weighted by Crippen LogP contribution is -2.30. The van der Waals surface area contributed by atoms with Crippen molar-refractivity contribution in [3.05, 3.63) is 109 Å². The van der Waals surface area contributed by atoms with Gasteiger partial charge in [-0.3, -0.25) is 14.4 Å². The first kappa shape index (κ1) is 74.1. The number of rotatable bonds is 59. The van der Waals surface area contributed by atoms with Crippen LogP contribution in [0.25, 0.3) is 0 Å². The molecule has 0 saturated heterocycles. The van der Waals surface area contributed by atoms with E-state index in [1.165, 1.54) is 173 Å². The highest BCUT2D eigenvalue weighted by Crippen LogP contribution is 2.17. The fourth-order valence-electron chi connectivity index (χ4n) is 9.15. The van der Waals surface area contributed by atoms with Crippen LogP contribution in [0.4, 0.5) is 0 Å². The Morgan fingerprint density at radius 3 is 0.872 bits per heavy atom. The van der Waals surface area contributed by atoms with E-state index in [1.807, 2.05) is 6.08 Å². The number of unbranched alkanes of at least 4 members (excludes halogenated alkanes) is 30. The van der Waals surface area contributed by atoms with E-state index < -0.39 is 6.10 Å². The van der Waals surface area contributed by atoms with Crippen LogP contribution in [0.3, 0.4) is 0 Å². The van der Waals surface area contributed by atoms with Gasteiger partial charge in [0.2, 0.25) is 0 Å². The maximum absolute atomic E-state index is 12.9. The van der Waals surface area contributed by atoms with Gasteiger partial charge in [0.1, 0.15) is 13.2 Å². The summed E-state index contributed by atoms with van der Waals surface area (Å²) in [5, 5.41) is 0. The SMILES string of the molecule is CC/C=C\C/C=C\C/C=C\C/C=C\CCCCCCCCCCCCCCCCCCC(=O)OCC(COC(=O)CC/C=C\C/C=C\C/C=C\C/C=C\CC)OC(=O)CCCCCCCCC/C=C\CCCCCCCCC. The Balaban J connectivity index is 4.28. The van der Waals surface area contributed by atoms with E-state index in [4.69, 9.17) is 14.2 Å². The van der Waals surface area contributed by atoms with Gasteiger partial charge >= 0.3 is 17.9 Å². The molecule has 0 saturated carbocycles.